The number of pyridine rings is 1. The second-order valence-corrected chi connectivity index (χ2v) is 6.78. The molecule has 3 rings (SSSR count). The van der Waals surface area contributed by atoms with Gasteiger partial charge in [-0.2, -0.15) is 0 Å². The Morgan fingerprint density at radius 3 is 2.90 bits per heavy atom. The van der Waals surface area contributed by atoms with E-state index in [1.54, 1.807) is 12.4 Å². The Morgan fingerprint density at radius 2 is 2.19 bits per heavy atom. The van der Waals surface area contributed by atoms with Crippen LogP contribution in [0, 0.1) is 0 Å². The van der Waals surface area contributed by atoms with Crippen molar-refractivity contribution < 1.29 is 9.90 Å². The number of fused-ring (bicyclic) bond motifs is 1. The minimum atomic E-state index is -0.814. The van der Waals surface area contributed by atoms with Crippen molar-refractivity contribution in [3.63, 3.8) is 0 Å². The molecule has 1 saturated carbocycles. The highest BCUT2D eigenvalue weighted by Gasteiger charge is 2.32. The molecule has 0 amide bonds. The SMILES string of the molecule is CC1(n2c(SCC(=O)O)nc3cnccc32)CCCCC1. The first-order valence-corrected chi connectivity index (χ1v) is 8.26. The van der Waals surface area contributed by atoms with Crippen molar-refractivity contribution in [1.29, 1.82) is 0 Å². The zero-order valence-corrected chi connectivity index (χ0v) is 12.9. The predicted octanol–water partition coefficient (Wildman–Crippen LogP) is 3.29. The molecule has 1 aliphatic rings. The third kappa shape index (κ3) is 2.77. The molecule has 0 unspecified atom stereocenters. The molecule has 0 saturated heterocycles. The number of imidazole rings is 1. The Labute approximate surface area is 127 Å². The van der Waals surface area contributed by atoms with Crippen LogP contribution in [0.5, 0.6) is 0 Å². The Kier molecular flexibility index (Phi) is 3.89. The summed E-state index contributed by atoms with van der Waals surface area (Å²) >= 11 is 1.30. The van der Waals surface area contributed by atoms with E-state index in [1.807, 2.05) is 6.07 Å². The van der Waals surface area contributed by atoms with Gasteiger partial charge in [0.05, 0.1) is 17.5 Å². The lowest BCUT2D eigenvalue weighted by Crippen LogP contribution is -2.33. The summed E-state index contributed by atoms with van der Waals surface area (Å²) in [4.78, 5) is 19.6. The Morgan fingerprint density at radius 1 is 1.43 bits per heavy atom. The van der Waals surface area contributed by atoms with Crippen LogP contribution in [-0.4, -0.2) is 31.4 Å². The van der Waals surface area contributed by atoms with Crippen molar-refractivity contribution >= 4 is 28.8 Å². The fourth-order valence-corrected chi connectivity index (χ4v) is 4.06. The molecule has 0 radical (unpaired) electrons. The second-order valence-electron chi connectivity index (χ2n) is 5.83. The van der Waals surface area contributed by atoms with Crippen LogP contribution in [0.4, 0.5) is 0 Å². The zero-order chi connectivity index (χ0) is 14.9. The molecule has 5 nitrogen and oxygen atoms in total. The van der Waals surface area contributed by atoms with Crippen LogP contribution in [0.25, 0.3) is 11.0 Å². The Balaban J connectivity index is 2.08. The quantitative estimate of drug-likeness (QED) is 0.878. The number of carbonyl (C=O) groups is 1. The number of carboxylic acids is 1. The molecule has 1 N–H and O–H groups in total. The van der Waals surface area contributed by atoms with Gasteiger partial charge in [0.1, 0.15) is 5.52 Å². The second kappa shape index (κ2) is 5.67. The molecule has 112 valence electrons. The summed E-state index contributed by atoms with van der Waals surface area (Å²) in [6.45, 7) is 2.26. The fraction of sp³-hybridized carbons (Fsp3) is 0.533. The number of nitrogens with zero attached hydrogens (tertiary/aromatic N) is 3. The van der Waals surface area contributed by atoms with Gasteiger partial charge in [-0.3, -0.25) is 9.78 Å². The molecule has 6 heteroatoms. The molecular formula is C15H19N3O2S. The van der Waals surface area contributed by atoms with Gasteiger partial charge in [0.2, 0.25) is 0 Å². The maximum atomic E-state index is 10.9. The van der Waals surface area contributed by atoms with Gasteiger partial charge in [-0.15, -0.1) is 0 Å². The van der Waals surface area contributed by atoms with Crippen LogP contribution in [0.2, 0.25) is 0 Å². The van der Waals surface area contributed by atoms with Crippen LogP contribution in [0.1, 0.15) is 39.0 Å². The zero-order valence-electron chi connectivity index (χ0n) is 12.1. The van der Waals surface area contributed by atoms with Crippen LogP contribution < -0.4 is 0 Å². The van der Waals surface area contributed by atoms with Crippen molar-refractivity contribution in [1.82, 2.24) is 14.5 Å². The summed E-state index contributed by atoms with van der Waals surface area (Å²) in [7, 11) is 0. The average Bonchev–Trinajstić information content (AvgIpc) is 2.85. The van der Waals surface area contributed by atoms with Crippen molar-refractivity contribution in [2.45, 2.75) is 49.7 Å². The van der Waals surface area contributed by atoms with Gasteiger partial charge in [-0.05, 0) is 25.8 Å². The number of carboxylic acid groups (broad SMARTS) is 1. The lowest BCUT2D eigenvalue weighted by molar-refractivity contribution is -0.133. The number of thioether (sulfide) groups is 1. The summed E-state index contributed by atoms with van der Waals surface area (Å²) in [5.41, 5.74) is 1.93. The van der Waals surface area contributed by atoms with E-state index >= 15 is 0 Å². The Bertz CT molecular complexity index is 662. The van der Waals surface area contributed by atoms with E-state index in [1.165, 1.54) is 31.0 Å². The van der Waals surface area contributed by atoms with E-state index in [0.29, 0.717) is 0 Å². The summed E-state index contributed by atoms with van der Waals surface area (Å²) in [6, 6.07) is 1.98. The monoisotopic (exact) mass is 305 g/mol. The van der Waals surface area contributed by atoms with Crippen LogP contribution in [0.15, 0.2) is 23.6 Å². The summed E-state index contributed by atoms with van der Waals surface area (Å²) in [5.74, 6) is -0.780. The summed E-state index contributed by atoms with van der Waals surface area (Å²) in [6.07, 6.45) is 9.46. The van der Waals surface area contributed by atoms with Crippen molar-refractivity contribution in [2.24, 2.45) is 0 Å². The number of rotatable bonds is 4. The largest absolute Gasteiger partial charge is 0.481 e. The summed E-state index contributed by atoms with van der Waals surface area (Å²) < 4.78 is 2.25. The van der Waals surface area contributed by atoms with Crippen molar-refractivity contribution in [3.05, 3.63) is 18.5 Å². The predicted molar refractivity (Wildman–Crippen MR) is 82.6 cm³/mol. The van der Waals surface area contributed by atoms with Gasteiger partial charge in [0, 0.05) is 11.7 Å². The first-order valence-electron chi connectivity index (χ1n) is 7.28. The molecular weight excluding hydrogens is 286 g/mol. The minimum absolute atomic E-state index is 0.0230. The highest BCUT2D eigenvalue weighted by Crippen LogP contribution is 2.39. The van der Waals surface area contributed by atoms with Gasteiger partial charge in [0.25, 0.3) is 0 Å². The molecule has 0 aromatic carbocycles. The van der Waals surface area contributed by atoms with Crippen molar-refractivity contribution in [2.75, 3.05) is 5.75 Å². The van der Waals surface area contributed by atoms with Crippen LogP contribution >= 0.6 is 11.8 Å². The molecule has 0 bridgehead atoms. The molecule has 2 aromatic rings. The first kappa shape index (κ1) is 14.4. The average molecular weight is 305 g/mol. The molecule has 0 aliphatic heterocycles. The van der Waals surface area contributed by atoms with Gasteiger partial charge in [-0.1, -0.05) is 31.0 Å². The maximum absolute atomic E-state index is 10.9. The number of hydrogen-bond donors (Lipinski definition) is 1. The first-order chi connectivity index (χ1) is 10.1. The summed E-state index contributed by atoms with van der Waals surface area (Å²) in [5, 5.41) is 9.74. The van der Waals surface area contributed by atoms with E-state index in [9.17, 15) is 4.79 Å². The smallest absolute Gasteiger partial charge is 0.313 e. The van der Waals surface area contributed by atoms with Gasteiger partial charge < -0.3 is 9.67 Å². The van der Waals surface area contributed by atoms with E-state index in [4.69, 9.17) is 5.11 Å². The molecule has 0 atom stereocenters. The fourth-order valence-electron chi connectivity index (χ4n) is 3.19. The molecule has 2 heterocycles. The van der Waals surface area contributed by atoms with Crippen LogP contribution in [-0.2, 0) is 10.3 Å². The third-order valence-corrected chi connectivity index (χ3v) is 5.14. The third-order valence-electron chi connectivity index (χ3n) is 4.22. The highest BCUT2D eigenvalue weighted by atomic mass is 32.2. The molecule has 21 heavy (non-hydrogen) atoms. The molecule has 0 spiro atoms. The number of hydrogen-bond acceptors (Lipinski definition) is 4. The van der Waals surface area contributed by atoms with E-state index in [0.717, 1.165) is 29.0 Å². The van der Waals surface area contributed by atoms with Gasteiger partial charge in [-0.25, -0.2) is 4.98 Å². The lowest BCUT2D eigenvalue weighted by atomic mass is 9.83. The van der Waals surface area contributed by atoms with Gasteiger partial charge >= 0.3 is 5.97 Å². The molecule has 1 fully saturated rings. The van der Waals surface area contributed by atoms with Crippen molar-refractivity contribution in [3.8, 4) is 0 Å². The van der Waals surface area contributed by atoms with Gasteiger partial charge in [0.15, 0.2) is 5.16 Å². The lowest BCUT2D eigenvalue weighted by Gasteiger charge is -2.36. The highest BCUT2D eigenvalue weighted by molar-refractivity contribution is 7.99. The van der Waals surface area contributed by atoms with Crippen LogP contribution in [0.3, 0.4) is 0 Å². The van der Waals surface area contributed by atoms with E-state index in [2.05, 4.69) is 21.5 Å². The maximum Gasteiger partial charge on any atom is 0.313 e. The van der Waals surface area contributed by atoms with E-state index < -0.39 is 5.97 Å². The Hall–Kier alpha value is -1.56. The normalized spacial score (nSPS) is 18.0. The number of aliphatic carboxylic acids is 1. The molecule has 1 aliphatic carbocycles. The minimum Gasteiger partial charge on any atom is -0.481 e. The topological polar surface area (TPSA) is 68.0 Å². The van der Waals surface area contributed by atoms with E-state index in [-0.39, 0.29) is 11.3 Å². The standard InChI is InChI=1S/C15H19N3O2S/c1-15(6-3-2-4-7-15)18-12-5-8-16-9-11(12)17-14(18)21-10-13(19)20/h5,8-9H,2-4,6-7,10H2,1H3,(H,19,20). The number of aromatic nitrogens is 3. The molecule has 2 aromatic heterocycles.